The number of aromatic amines is 1. The molecule has 0 aliphatic heterocycles. The van der Waals surface area contributed by atoms with Gasteiger partial charge in [-0.25, -0.2) is 4.39 Å². The van der Waals surface area contributed by atoms with Gasteiger partial charge in [0.05, 0.1) is 6.20 Å². The maximum atomic E-state index is 12.9. The van der Waals surface area contributed by atoms with Crippen molar-refractivity contribution in [3.8, 4) is 5.75 Å². The van der Waals surface area contributed by atoms with Crippen molar-refractivity contribution in [2.45, 2.75) is 13.5 Å². The summed E-state index contributed by atoms with van der Waals surface area (Å²) in [7, 11) is 0. The number of nitrogens with zero attached hydrogens (tertiary/aromatic N) is 1. The summed E-state index contributed by atoms with van der Waals surface area (Å²) in [6.45, 7) is 2.10. The van der Waals surface area contributed by atoms with Gasteiger partial charge in [0.1, 0.15) is 11.6 Å². The van der Waals surface area contributed by atoms with Crippen LogP contribution < -0.4 is 10.1 Å². The fourth-order valence-electron chi connectivity index (χ4n) is 1.50. The molecule has 0 saturated carbocycles. The van der Waals surface area contributed by atoms with Gasteiger partial charge in [-0.15, -0.1) is 0 Å². The van der Waals surface area contributed by atoms with Crippen LogP contribution in [-0.2, 0) is 11.3 Å². The molecule has 5 nitrogen and oxygen atoms in total. The Balaban J connectivity index is 1.77. The van der Waals surface area contributed by atoms with Gasteiger partial charge in [-0.2, -0.15) is 5.10 Å². The molecule has 1 aromatic carbocycles. The summed E-state index contributed by atoms with van der Waals surface area (Å²) in [5, 5.41) is 9.33. The van der Waals surface area contributed by atoms with E-state index in [1.165, 1.54) is 18.2 Å². The van der Waals surface area contributed by atoms with E-state index in [-0.39, 0.29) is 12.5 Å². The lowest BCUT2D eigenvalue weighted by molar-refractivity contribution is -0.123. The molecule has 1 heterocycles. The lowest BCUT2D eigenvalue weighted by atomic mass is 10.2. The monoisotopic (exact) mass is 263 g/mol. The summed E-state index contributed by atoms with van der Waals surface area (Å²) in [6.07, 6.45) is 1.66. The number of carbonyl (C=O) groups is 1. The SMILES string of the molecule is Cc1[nH]ncc1CNC(=O)COc1cccc(F)c1. The van der Waals surface area contributed by atoms with E-state index in [0.29, 0.717) is 12.3 Å². The maximum Gasteiger partial charge on any atom is 0.258 e. The number of benzene rings is 1. The topological polar surface area (TPSA) is 67.0 Å². The molecule has 0 radical (unpaired) electrons. The van der Waals surface area contributed by atoms with Crippen molar-refractivity contribution in [3.05, 3.63) is 47.5 Å². The van der Waals surface area contributed by atoms with Gasteiger partial charge in [-0.1, -0.05) is 6.07 Å². The van der Waals surface area contributed by atoms with E-state index in [2.05, 4.69) is 15.5 Å². The minimum atomic E-state index is -0.396. The van der Waals surface area contributed by atoms with Gasteiger partial charge in [0.25, 0.3) is 5.91 Å². The first-order valence-corrected chi connectivity index (χ1v) is 5.79. The van der Waals surface area contributed by atoms with Crippen LogP contribution in [0.15, 0.2) is 30.5 Å². The molecule has 2 rings (SSSR count). The summed E-state index contributed by atoms with van der Waals surface area (Å²) < 4.78 is 18.1. The quantitative estimate of drug-likeness (QED) is 0.860. The molecule has 1 amide bonds. The van der Waals surface area contributed by atoms with E-state index in [1.807, 2.05) is 6.92 Å². The molecular weight excluding hydrogens is 249 g/mol. The molecule has 0 fully saturated rings. The Kier molecular flexibility index (Phi) is 4.12. The number of aryl methyl sites for hydroxylation is 1. The zero-order valence-corrected chi connectivity index (χ0v) is 10.4. The van der Waals surface area contributed by atoms with Crippen LogP contribution in [0.5, 0.6) is 5.75 Å². The number of H-pyrrole nitrogens is 1. The minimum absolute atomic E-state index is 0.152. The zero-order valence-electron chi connectivity index (χ0n) is 10.4. The summed E-state index contributed by atoms with van der Waals surface area (Å²) in [5.74, 6) is -0.341. The van der Waals surface area contributed by atoms with Crippen molar-refractivity contribution in [1.82, 2.24) is 15.5 Å². The number of hydrogen-bond acceptors (Lipinski definition) is 3. The van der Waals surface area contributed by atoms with Gasteiger partial charge in [0.2, 0.25) is 0 Å². The highest BCUT2D eigenvalue weighted by atomic mass is 19.1. The Labute approximate surface area is 109 Å². The van der Waals surface area contributed by atoms with Gasteiger partial charge < -0.3 is 10.1 Å². The molecule has 2 aromatic rings. The average molecular weight is 263 g/mol. The van der Waals surface area contributed by atoms with E-state index in [4.69, 9.17) is 4.74 Å². The number of aromatic nitrogens is 2. The number of halogens is 1. The predicted octanol–water partition coefficient (Wildman–Crippen LogP) is 1.55. The molecule has 2 N–H and O–H groups in total. The van der Waals surface area contributed by atoms with E-state index in [9.17, 15) is 9.18 Å². The molecule has 0 atom stereocenters. The summed E-state index contributed by atoms with van der Waals surface area (Å²) in [5.41, 5.74) is 1.82. The van der Waals surface area contributed by atoms with Gasteiger partial charge in [-0.05, 0) is 19.1 Å². The first-order valence-electron chi connectivity index (χ1n) is 5.79. The average Bonchev–Trinajstić information content (AvgIpc) is 2.80. The molecule has 0 spiro atoms. The van der Waals surface area contributed by atoms with Crippen LogP contribution in [0.2, 0.25) is 0 Å². The minimum Gasteiger partial charge on any atom is -0.484 e. The van der Waals surface area contributed by atoms with E-state index in [0.717, 1.165) is 11.3 Å². The molecule has 100 valence electrons. The second-order valence-corrected chi connectivity index (χ2v) is 4.04. The van der Waals surface area contributed by atoms with Crippen LogP contribution in [0, 0.1) is 12.7 Å². The van der Waals surface area contributed by atoms with Gasteiger partial charge in [0, 0.05) is 23.9 Å². The Morgan fingerprint density at radius 3 is 3.05 bits per heavy atom. The summed E-state index contributed by atoms with van der Waals surface area (Å²) in [6, 6.07) is 5.66. The predicted molar refractivity (Wildman–Crippen MR) is 67.1 cm³/mol. The maximum absolute atomic E-state index is 12.9. The smallest absolute Gasteiger partial charge is 0.258 e. The van der Waals surface area contributed by atoms with E-state index < -0.39 is 5.82 Å². The van der Waals surface area contributed by atoms with Crippen LogP contribution >= 0.6 is 0 Å². The third-order valence-electron chi connectivity index (χ3n) is 2.58. The molecule has 0 aliphatic rings. The number of ether oxygens (including phenoxy) is 1. The first kappa shape index (κ1) is 13.1. The molecule has 0 bridgehead atoms. The van der Waals surface area contributed by atoms with Crippen LogP contribution in [-0.4, -0.2) is 22.7 Å². The van der Waals surface area contributed by atoms with Crippen LogP contribution in [0.1, 0.15) is 11.3 Å². The molecule has 0 aliphatic carbocycles. The van der Waals surface area contributed by atoms with Gasteiger partial charge in [-0.3, -0.25) is 9.89 Å². The van der Waals surface area contributed by atoms with Crippen molar-refractivity contribution in [3.63, 3.8) is 0 Å². The fraction of sp³-hybridized carbons (Fsp3) is 0.231. The Morgan fingerprint density at radius 1 is 1.53 bits per heavy atom. The van der Waals surface area contributed by atoms with Crippen molar-refractivity contribution >= 4 is 5.91 Å². The summed E-state index contributed by atoms with van der Waals surface area (Å²) in [4.78, 5) is 11.5. The highest BCUT2D eigenvalue weighted by Gasteiger charge is 2.05. The molecule has 19 heavy (non-hydrogen) atoms. The second-order valence-electron chi connectivity index (χ2n) is 4.04. The molecule has 0 saturated heterocycles. The van der Waals surface area contributed by atoms with Gasteiger partial charge in [0.15, 0.2) is 6.61 Å². The Hall–Kier alpha value is -2.37. The molecule has 1 aromatic heterocycles. The second kappa shape index (κ2) is 5.99. The third-order valence-corrected chi connectivity index (χ3v) is 2.58. The van der Waals surface area contributed by atoms with Crippen LogP contribution in [0.3, 0.4) is 0 Å². The number of amides is 1. The number of rotatable bonds is 5. The normalized spacial score (nSPS) is 10.2. The van der Waals surface area contributed by atoms with Gasteiger partial charge >= 0.3 is 0 Å². The van der Waals surface area contributed by atoms with Crippen LogP contribution in [0.25, 0.3) is 0 Å². The highest BCUT2D eigenvalue weighted by molar-refractivity contribution is 5.77. The highest BCUT2D eigenvalue weighted by Crippen LogP contribution is 2.11. The van der Waals surface area contributed by atoms with E-state index >= 15 is 0 Å². The molecule has 6 heteroatoms. The standard InChI is InChI=1S/C13H14FN3O2/c1-9-10(7-16-17-9)6-15-13(18)8-19-12-4-2-3-11(14)5-12/h2-5,7H,6,8H2,1H3,(H,15,18)(H,16,17). The Bertz CT molecular complexity index is 569. The lowest BCUT2D eigenvalue weighted by Crippen LogP contribution is -2.28. The van der Waals surface area contributed by atoms with Crippen molar-refractivity contribution in [2.24, 2.45) is 0 Å². The van der Waals surface area contributed by atoms with Crippen LogP contribution in [0.4, 0.5) is 4.39 Å². The largest absolute Gasteiger partial charge is 0.484 e. The number of nitrogens with one attached hydrogen (secondary N) is 2. The van der Waals surface area contributed by atoms with Crippen molar-refractivity contribution in [1.29, 1.82) is 0 Å². The third kappa shape index (κ3) is 3.80. The lowest BCUT2D eigenvalue weighted by Gasteiger charge is -2.07. The molecule has 0 unspecified atom stereocenters. The first-order chi connectivity index (χ1) is 9.15. The number of hydrogen-bond donors (Lipinski definition) is 2. The molecular formula is C13H14FN3O2. The van der Waals surface area contributed by atoms with Crippen molar-refractivity contribution in [2.75, 3.05) is 6.61 Å². The van der Waals surface area contributed by atoms with Crippen molar-refractivity contribution < 1.29 is 13.9 Å². The Morgan fingerprint density at radius 2 is 2.37 bits per heavy atom. The fourth-order valence-corrected chi connectivity index (χ4v) is 1.50. The zero-order chi connectivity index (χ0) is 13.7. The van der Waals surface area contributed by atoms with E-state index in [1.54, 1.807) is 12.3 Å². The number of carbonyl (C=O) groups excluding carboxylic acids is 1. The summed E-state index contributed by atoms with van der Waals surface area (Å²) >= 11 is 0.